The van der Waals surface area contributed by atoms with Gasteiger partial charge in [-0.2, -0.15) is 0 Å². The van der Waals surface area contributed by atoms with E-state index in [0.29, 0.717) is 16.9 Å². The first-order valence-corrected chi connectivity index (χ1v) is 9.54. The molecule has 2 aromatic carbocycles. The second kappa shape index (κ2) is 7.75. The molecule has 27 heavy (non-hydrogen) atoms. The molecule has 1 aliphatic rings. The fourth-order valence-electron chi connectivity index (χ4n) is 2.60. The third-order valence-corrected chi connectivity index (χ3v) is 5.28. The number of amidine groups is 1. The van der Waals surface area contributed by atoms with Gasteiger partial charge < -0.3 is 9.47 Å². The molecule has 0 bridgehead atoms. The summed E-state index contributed by atoms with van der Waals surface area (Å²) in [5.74, 6) is -0.383. The van der Waals surface area contributed by atoms with Crippen molar-refractivity contribution in [3.05, 3.63) is 59.4 Å². The quantitative estimate of drug-likeness (QED) is 0.759. The van der Waals surface area contributed by atoms with E-state index in [1.807, 2.05) is 0 Å². The molecular formula is C18H17FN2O5S. The van der Waals surface area contributed by atoms with Crippen LogP contribution in [0.25, 0.3) is 0 Å². The van der Waals surface area contributed by atoms with Gasteiger partial charge in [-0.25, -0.2) is 12.8 Å². The highest BCUT2D eigenvalue weighted by Gasteiger charge is 2.29. The topological polar surface area (TPSA) is 94.1 Å². The number of hydrogen-bond donors (Lipinski definition) is 1. The summed E-state index contributed by atoms with van der Waals surface area (Å²) in [5, 5.41) is 0. The molecule has 142 valence electrons. The average molecular weight is 392 g/mol. The van der Waals surface area contributed by atoms with Crippen molar-refractivity contribution in [3.8, 4) is 5.75 Å². The van der Waals surface area contributed by atoms with E-state index in [-0.39, 0.29) is 30.3 Å². The number of hydrogen-bond acceptors (Lipinski definition) is 6. The van der Waals surface area contributed by atoms with Crippen LogP contribution in [0.3, 0.4) is 0 Å². The SMILES string of the molecule is COc1ccc(F)cc1COC(=O)CCN=C1NS(=O)(=O)c2ccccc21. The van der Waals surface area contributed by atoms with Crippen molar-refractivity contribution >= 4 is 21.8 Å². The first-order valence-electron chi connectivity index (χ1n) is 8.05. The van der Waals surface area contributed by atoms with Crippen molar-refractivity contribution in [2.45, 2.75) is 17.9 Å². The van der Waals surface area contributed by atoms with Crippen molar-refractivity contribution in [3.63, 3.8) is 0 Å². The summed E-state index contributed by atoms with van der Waals surface area (Å²) in [7, 11) is -2.17. The number of aliphatic imine (C=N–C) groups is 1. The number of halogens is 1. The number of ether oxygens (including phenoxy) is 2. The molecule has 0 amide bonds. The van der Waals surface area contributed by atoms with Gasteiger partial charge in [-0.3, -0.25) is 14.5 Å². The van der Waals surface area contributed by atoms with Gasteiger partial charge in [-0.05, 0) is 30.3 Å². The lowest BCUT2D eigenvalue weighted by molar-refractivity contribution is -0.144. The van der Waals surface area contributed by atoms with Crippen LogP contribution in [0.4, 0.5) is 4.39 Å². The first-order chi connectivity index (χ1) is 12.9. The van der Waals surface area contributed by atoms with Gasteiger partial charge in [0.05, 0.1) is 25.0 Å². The Morgan fingerprint density at radius 2 is 2.00 bits per heavy atom. The molecule has 0 fully saturated rings. The summed E-state index contributed by atoms with van der Waals surface area (Å²) in [5.41, 5.74) is 0.880. The van der Waals surface area contributed by atoms with Gasteiger partial charge in [-0.1, -0.05) is 12.1 Å². The minimum Gasteiger partial charge on any atom is -0.496 e. The van der Waals surface area contributed by atoms with E-state index in [9.17, 15) is 17.6 Å². The Morgan fingerprint density at radius 3 is 2.78 bits per heavy atom. The molecule has 7 nitrogen and oxygen atoms in total. The third kappa shape index (κ3) is 4.25. The third-order valence-electron chi connectivity index (χ3n) is 3.88. The highest BCUT2D eigenvalue weighted by molar-refractivity contribution is 7.90. The molecule has 0 saturated heterocycles. The zero-order valence-electron chi connectivity index (χ0n) is 14.4. The smallest absolute Gasteiger partial charge is 0.308 e. The van der Waals surface area contributed by atoms with Crippen molar-refractivity contribution in [2.75, 3.05) is 13.7 Å². The lowest BCUT2D eigenvalue weighted by atomic mass is 10.2. The Kier molecular flexibility index (Phi) is 5.41. The number of sulfonamides is 1. The van der Waals surface area contributed by atoms with Crippen LogP contribution in [0, 0.1) is 5.82 Å². The zero-order valence-corrected chi connectivity index (χ0v) is 15.3. The Hall–Kier alpha value is -2.94. The second-order valence-corrected chi connectivity index (χ2v) is 7.35. The summed E-state index contributed by atoms with van der Waals surface area (Å²) in [6.45, 7) is -0.0862. The summed E-state index contributed by atoms with van der Waals surface area (Å²) in [4.78, 5) is 16.2. The van der Waals surface area contributed by atoms with Crippen LogP contribution in [0.1, 0.15) is 17.5 Å². The van der Waals surface area contributed by atoms with Crippen LogP contribution in [0.15, 0.2) is 52.4 Å². The average Bonchev–Trinajstić information content (AvgIpc) is 2.91. The van der Waals surface area contributed by atoms with Crippen molar-refractivity contribution in [1.82, 2.24) is 4.72 Å². The number of carbonyl (C=O) groups is 1. The molecule has 3 rings (SSSR count). The molecule has 0 radical (unpaired) electrons. The maximum Gasteiger partial charge on any atom is 0.308 e. The first kappa shape index (κ1) is 18.8. The maximum atomic E-state index is 13.3. The van der Waals surface area contributed by atoms with Crippen molar-refractivity contribution < 1.29 is 27.1 Å². The lowest BCUT2D eigenvalue weighted by Crippen LogP contribution is -2.22. The Morgan fingerprint density at radius 1 is 1.22 bits per heavy atom. The fourth-order valence-corrected chi connectivity index (χ4v) is 3.85. The minimum absolute atomic E-state index is 0.0469. The van der Waals surface area contributed by atoms with Gasteiger partial charge in [0.2, 0.25) is 0 Å². The van der Waals surface area contributed by atoms with E-state index in [2.05, 4.69) is 9.71 Å². The van der Waals surface area contributed by atoms with Gasteiger partial charge >= 0.3 is 5.97 Å². The fraction of sp³-hybridized carbons (Fsp3) is 0.222. The van der Waals surface area contributed by atoms with Crippen molar-refractivity contribution in [1.29, 1.82) is 0 Å². The van der Waals surface area contributed by atoms with Gasteiger partial charge in [-0.15, -0.1) is 0 Å². The number of benzene rings is 2. The second-order valence-electron chi connectivity index (χ2n) is 5.70. The van der Waals surface area contributed by atoms with Gasteiger partial charge in [0, 0.05) is 11.1 Å². The molecule has 2 aromatic rings. The lowest BCUT2D eigenvalue weighted by Gasteiger charge is -2.09. The summed E-state index contributed by atoms with van der Waals surface area (Å²) >= 11 is 0. The van der Waals surface area contributed by atoms with Crippen molar-refractivity contribution in [2.24, 2.45) is 4.99 Å². The highest BCUT2D eigenvalue weighted by Crippen LogP contribution is 2.22. The van der Waals surface area contributed by atoms with E-state index in [4.69, 9.17) is 9.47 Å². The summed E-state index contributed by atoms with van der Waals surface area (Å²) in [6.07, 6.45) is -0.0506. The number of nitrogens with one attached hydrogen (secondary N) is 1. The predicted molar refractivity (Wildman–Crippen MR) is 95.5 cm³/mol. The van der Waals surface area contributed by atoms with Gasteiger partial charge in [0.15, 0.2) is 0 Å². The molecule has 0 aromatic heterocycles. The predicted octanol–water partition coefficient (Wildman–Crippen LogP) is 2.01. The van der Waals surface area contributed by atoms with E-state index in [1.165, 1.54) is 31.4 Å². The number of carbonyl (C=O) groups excluding carboxylic acids is 1. The van der Waals surface area contributed by atoms with E-state index >= 15 is 0 Å². The minimum atomic E-state index is -3.61. The number of rotatable bonds is 6. The molecule has 0 atom stereocenters. The van der Waals surface area contributed by atoms with Crippen LogP contribution in [0.5, 0.6) is 5.75 Å². The van der Waals surface area contributed by atoms with Crippen LogP contribution in [-0.4, -0.2) is 33.9 Å². The number of esters is 1. The highest BCUT2D eigenvalue weighted by atomic mass is 32.2. The maximum absolute atomic E-state index is 13.3. The largest absolute Gasteiger partial charge is 0.496 e. The molecule has 0 saturated carbocycles. The Bertz CT molecular complexity index is 1000. The van der Waals surface area contributed by atoms with E-state index in [1.54, 1.807) is 18.2 Å². The molecule has 0 unspecified atom stereocenters. The summed E-state index contributed by atoms with van der Waals surface area (Å²) in [6, 6.07) is 10.4. The van der Waals surface area contributed by atoms with E-state index in [0.717, 1.165) is 0 Å². The number of nitrogens with zero attached hydrogens (tertiary/aromatic N) is 1. The van der Waals surface area contributed by atoms with Gasteiger partial charge in [0.25, 0.3) is 10.0 Å². The molecule has 1 N–H and O–H groups in total. The molecule has 1 heterocycles. The zero-order chi connectivity index (χ0) is 19.4. The molecule has 0 aliphatic carbocycles. The molecule has 9 heteroatoms. The standard InChI is InChI=1S/C18H17FN2O5S/c1-25-15-7-6-13(19)10-12(15)11-26-17(22)8-9-20-18-14-4-2-3-5-16(14)27(23,24)21-18/h2-7,10H,8-9,11H2,1H3,(H,20,21). The normalized spacial score (nSPS) is 15.9. The van der Waals surface area contributed by atoms with Crippen LogP contribution < -0.4 is 9.46 Å². The van der Waals surface area contributed by atoms with Crippen LogP contribution in [-0.2, 0) is 26.2 Å². The number of fused-ring (bicyclic) bond motifs is 1. The van der Waals surface area contributed by atoms with E-state index < -0.39 is 21.8 Å². The monoisotopic (exact) mass is 392 g/mol. The molecule has 1 aliphatic heterocycles. The molecule has 0 spiro atoms. The Balaban J connectivity index is 1.58. The summed E-state index contributed by atoms with van der Waals surface area (Å²) < 4.78 is 49.8. The molecular weight excluding hydrogens is 375 g/mol. The van der Waals surface area contributed by atoms with Crippen LogP contribution >= 0.6 is 0 Å². The Labute approximate surface area is 155 Å². The van der Waals surface area contributed by atoms with Gasteiger partial charge in [0.1, 0.15) is 24.0 Å². The van der Waals surface area contributed by atoms with Crippen LogP contribution in [0.2, 0.25) is 0 Å². The number of methoxy groups -OCH3 is 1.